The molecule has 3 aromatic rings. The molecule has 1 aromatic heterocycles. The van der Waals surface area contributed by atoms with Gasteiger partial charge in [-0.15, -0.1) is 0 Å². The Hall–Kier alpha value is -4.07. The standard InChI is InChI=1S/C29H31ClF2N6O5/c1-37-21(18-5-6-23(43-2)25(32)24(18)31)13-34-26(37)28(41)35-16-3-4-17(19(30)11-16)29(42)38-9-7-15(8-10-38)27(40)36-20-12-33-14-22(20)39/h3-6,11,13,15,20,22,33,39H,7-10,12,14H2,1-2H3,(H,35,41)(H,36,40)/t20-,22-/m0/s1. The first kappa shape index (κ1) is 30.4. The Bertz CT molecular complexity index is 1560. The number of hydrogen-bond donors (Lipinski definition) is 4. The van der Waals surface area contributed by atoms with E-state index in [1.54, 1.807) is 4.90 Å². The number of ether oxygens (including phenoxy) is 1. The lowest BCUT2D eigenvalue weighted by Gasteiger charge is -2.32. The highest BCUT2D eigenvalue weighted by Gasteiger charge is 2.32. The second-order valence-corrected chi connectivity index (χ2v) is 10.9. The van der Waals surface area contributed by atoms with Crippen LogP contribution in [-0.4, -0.2) is 82.7 Å². The number of halogens is 3. The number of imidazole rings is 1. The van der Waals surface area contributed by atoms with Crippen LogP contribution >= 0.6 is 11.6 Å². The van der Waals surface area contributed by atoms with Gasteiger partial charge in [0.1, 0.15) is 0 Å². The fourth-order valence-corrected chi connectivity index (χ4v) is 5.60. The van der Waals surface area contributed by atoms with Crippen molar-refractivity contribution >= 4 is 35.0 Å². The van der Waals surface area contributed by atoms with Crippen molar-refractivity contribution < 1.29 is 33.0 Å². The molecule has 3 heterocycles. The van der Waals surface area contributed by atoms with Gasteiger partial charge in [0.05, 0.1) is 41.7 Å². The maximum absolute atomic E-state index is 14.6. The summed E-state index contributed by atoms with van der Waals surface area (Å²) in [7, 11) is 2.72. The van der Waals surface area contributed by atoms with Crippen LogP contribution in [0.15, 0.2) is 36.5 Å². The van der Waals surface area contributed by atoms with Gasteiger partial charge < -0.3 is 35.3 Å². The molecular formula is C29H31ClF2N6O5. The smallest absolute Gasteiger partial charge is 0.291 e. The number of β-amino-alcohol motifs (C(OH)–C–C–N with tert-alkyl or cyclic N) is 1. The highest BCUT2D eigenvalue weighted by Crippen LogP contribution is 2.30. The third-order valence-corrected chi connectivity index (χ3v) is 8.17. The number of methoxy groups -OCH3 is 1. The highest BCUT2D eigenvalue weighted by atomic mass is 35.5. The molecule has 14 heteroatoms. The molecule has 0 saturated carbocycles. The van der Waals surface area contributed by atoms with Crippen molar-refractivity contribution in [1.82, 2.24) is 25.1 Å². The summed E-state index contributed by atoms with van der Waals surface area (Å²) in [5, 5.41) is 18.6. The van der Waals surface area contributed by atoms with E-state index in [2.05, 4.69) is 20.9 Å². The number of nitrogens with zero attached hydrogens (tertiary/aromatic N) is 3. The van der Waals surface area contributed by atoms with E-state index in [0.29, 0.717) is 44.7 Å². The molecule has 2 aromatic carbocycles. The quantitative estimate of drug-likeness (QED) is 0.320. The topological polar surface area (TPSA) is 138 Å². The van der Waals surface area contributed by atoms with E-state index in [1.807, 2.05) is 0 Å². The van der Waals surface area contributed by atoms with Crippen LogP contribution in [0.1, 0.15) is 33.8 Å². The summed E-state index contributed by atoms with van der Waals surface area (Å²) in [6, 6.07) is 6.78. The van der Waals surface area contributed by atoms with Gasteiger partial charge in [-0.1, -0.05) is 11.6 Å². The van der Waals surface area contributed by atoms with Gasteiger partial charge in [-0.2, -0.15) is 4.39 Å². The monoisotopic (exact) mass is 616 g/mol. The molecule has 2 saturated heterocycles. The third kappa shape index (κ3) is 6.19. The van der Waals surface area contributed by atoms with E-state index >= 15 is 0 Å². The first-order valence-corrected chi connectivity index (χ1v) is 14.1. The summed E-state index contributed by atoms with van der Waals surface area (Å²) in [4.78, 5) is 44.5. The van der Waals surface area contributed by atoms with Crippen LogP contribution in [-0.2, 0) is 11.8 Å². The van der Waals surface area contributed by atoms with Crippen LogP contribution in [0.5, 0.6) is 5.75 Å². The maximum atomic E-state index is 14.6. The van der Waals surface area contributed by atoms with E-state index in [9.17, 15) is 28.3 Å². The molecule has 2 aliphatic rings. The largest absolute Gasteiger partial charge is 0.494 e. The van der Waals surface area contributed by atoms with E-state index in [-0.39, 0.29) is 57.2 Å². The van der Waals surface area contributed by atoms with Crippen molar-refractivity contribution in [3.8, 4) is 17.0 Å². The molecular weight excluding hydrogens is 586 g/mol. The van der Waals surface area contributed by atoms with Crippen molar-refractivity contribution in [1.29, 1.82) is 0 Å². The van der Waals surface area contributed by atoms with Gasteiger partial charge >= 0.3 is 0 Å². The summed E-state index contributed by atoms with van der Waals surface area (Å²) < 4.78 is 35.0. The zero-order chi connectivity index (χ0) is 30.8. The van der Waals surface area contributed by atoms with Gasteiger partial charge in [-0.05, 0) is 43.2 Å². The van der Waals surface area contributed by atoms with Gasteiger partial charge in [0.15, 0.2) is 17.4 Å². The Balaban J connectivity index is 1.20. The number of carbonyl (C=O) groups is 3. The summed E-state index contributed by atoms with van der Waals surface area (Å²) in [5.74, 6) is -3.88. The predicted octanol–water partition coefficient (Wildman–Crippen LogP) is 2.58. The zero-order valence-electron chi connectivity index (χ0n) is 23.5. The number of nitrogens with one attached hydrogen (secondary N) is 3. The minimum absolute atomic E-state index is 0.0625. The van der Waals surface area contributed by atoms with Crippen LogP contribution < -0.4 is 20.7 Å². The van der Waals surface area contributed by atoms with Crippen molar-refractivity contribution in [2.24, 2.45) is 13.0 Å². The number of anilines is 1. The number of rotatable bonds is 7. The van der Waals surface area contributed by atoms with Crippen LogP contribution in [0.4, 0.5) is 14.5 Å². The molecule has 5 rings (SSSR count). The molecule has 0 bridgehead atoms. The van der Waals surface area contributed by atoms with Gasteiger partial charge in [0.25, 0.3) is 11.8 Å². The highest BCUT2D eigenvalue weighted by molar-refractivity contribution is 6.34. The van der Waals surface area contributed by atoms with Crippen molar-refractivity contribution in [3.05, 3.63) is 64.6 Å². The van der Waals surface area contributed by atoms with Crippen molar-refractivity contribution in [3.63, 3.8) is 0 Å². The van der Waals surface area contributed by atoms with Gasteiger partial charge in [0.2, 0.25) is 11.7 Å². The van der Waals surface area contributed by atoms with E-state index in [0.717, 1.165) is 0 Å². The Morgan fingerprint density at radius 2 is 1.86 bits per heavy atom. The fourth-order valence-electron chi connectivity index (χ4n) is 5.34. The molecule has 0 aliphatic carbocycles. The summed E-state index contributed by atoms with van der Waals surface area (Å²) in [6.45, 7) is 1.71. The molecule has 4 N–H and O–H groups in total. The number of piperidine rings is 1. The Kier molecular flexibility index (Phi) is 8.95. The molecule has 0 unspecified atom stereocenters. The molecule has 2 atom stereocenters. The average molecular weight is 617 g/mol. The number of hydrogen-bond acceptors (Lipinski definition) is 7. The molecule has 0 radical (unpaired) electrons. The number of amides is 3. The number of benzene rings is 2. The molecule has 11 nitrogen and oxygen atoms in total. The van der Waals surface area contributed by atoms with Crippen LogP contribution in [0.2, 0.25) is 5.02 Å². The molecule has 0 spiro atoms. The molecule has 228 valence electrons. The average Bonchev–Trinajstić information content (AvgIpc) is 3.58. The van der Waals surface area contributed by atoms with Crippen molar-refractivity contribution in [2.45, 2.75) is 25.0 Å². The Labute approximate surface area is 251 Å². The van der Waals surface area contributed by atoms with Gasteiger partial charge in [-0.25, -0.2) is 9.37 Å². The van der Waals surface area contributed by atoms with Gasteiger partial charge in [0, 0.05) is 50.4 Å². The number of aromatic nitrogens is 2. The Morgan fingerprint density at radius 1 is 1.12 bits per heavy atom. The minimum Gasteiger partial charge on any atom is -0.494 e. The van der Waals surface area contributed by atoms with Crippen LogP contribution in [0.3, 0.4) is 0 Å². The maximum Gasteiger partial charge on any atom is 0.291 e. The summed E-state index contributed by atoms with van der Waals surface area (Å²) in [6.07, 6.45) is 1.61. The lowest BCUT2D eigenvalue weighted by Crippen LogP contribution is -2.48. The number of aliphatic hydroxyl groups excluding tert-OH is 1. The number of carbonyl (C=O) groups excluding carboxylic acids is 3. The van der Waals surface area contributed by atoms with Crippen molar-refractivity contribution in [2.75, 3.05) is 38.6 Å². The number of likely N-dealkylation sites (tertiary alicyclic amines) is 1. The van der Waals surface area contributed by atoms with E-state index in [1.165, 1.54) is 55.3 Å². The lowest BCUT2D eigenvalue weighted by molar-refractivity contribution is -0.127. The molecule has 2 fully saturated rings. The normalized spacial score (nSPS) is 18.9. The second-order valence-electron chi connectivity index (χ2n) is 10.5. The van der Waals surface area contributed by atoms with E-state index in [4.69, 9.17) is 16.3 Å². The van der Waals surface area contributed by atoms with Gasteiger partial charge in [-0.3, -0.25) is 14.4 Å². The lowest BCUT2D eigenvalue weighted by atomic mass is 9.95. The molecule has 2 aliphatic heterocycles. The second kappa shape index (κ2) is 12.7. The number of aliphatic hydroxyl groups is 1. The first-order valence-electron chi connectivity index (χ1n) is 13.7. The summed E-state index contributed by atoms with van der Waals surface area (Å²) in [5.41, 5.74) is 0.640. The summed E-state index contributed by atoms with van der Waals surface area (Å²) >= 11 is 6.43. The molecule has 43 heavy (non-hydrogen) atoms. The minimum atomic E-state index is -1.15. The zero-order valence-corrected chi connectivity index (χ0v) is 24.3. The Morgan fingerprint density at radius 3 is 2.51 bits per heavy atom. The SMILES string of the molecule is COc1ccc(-c2cnc(C(=O)Nc3ccc(C(=O)N4CCC(C(=O)N[C@H]5CNC[C@@H]5O)CC4)c(Cl)c3)n2C)c(F)c1F. The van der Waals surface area contributed by atoms with E-state index < -0.39 is 23.6 Å². The van der Waals surface area contributed by atoms with Crippen LogP contribution in [0.25, 0.3) is 11.3 Å². The molecule has 3 amide bonds. The predicted molar refractivity (Wildman–Crippen MR) is 154 cm³/mol. The first-order chi connectivity index (χ1) is 20.6. The van der Waals surface area contributed by atoms with Crippen LogP contribution in [0, 0.1) is 17.6 Å². The third-order valence-electron chi connectivity index (χ3n) is 7.85. The fraction of sp³-hybridized carbons (Fsp3) is 0.379.